The Hall–Kier alpha value is -4.67. The van der Waals surface area contributed by atoms with Gasteiger partial charge in [-0.3, -0.25) is 9.59 Å². The Morgan fingerprint density at radius 1 is 0.821 bits per heavy atom. The van der Waals surface area contributed by atoms with Gasteiger partial charge in [-0.25, -0.2) is 4.79 Å². The summed E-state index contributed by atoms with van der Waals surface area (Å²) in [6.07, 6.45) is 3.76. The third-order valence-corrected chi connectivity index (χ3v) is 12.9. The second kappa shape index (κ2) is 24.1. The minimum absolute atomic E-state index is 0.0830. The first-order valence-corrected chi connectivity index (χ1v) is 23.3. The SMILES string of the molecule is C=C1C[C@@H]2C[C@@H]3CC(=C)C[C@H](/C=C/C(C)(C)[C@]4(OC)O[C@@H](C/C(=C\C(=O)OC)[C@@H]4OC(C)=O)C[C@H]([C@@H](C)OCOCc4ccccc4)OC(=O)C[C@H](OCc4ccc(OC)cc4)C[C@H](C1)O2)O3. The monoisotopic (exact) mass is 930 g/mol. The van der Waals surface area contributed by atoms with E-state index in [1.165, 1.54) is 27.2 Å². The van der Waals surface area contributed by atoms with Crippen LogP contribution in [0.4, 0.5) is 0 Å². The summed E-state index contributed by atoms with van der Waals surface area (Å²) in [6, 6.07) is 17.3. The number of rotatable bonds is 13. The van der Waals surface area contributed by atoms with Gasteiger partial charge in [0.1, 0.15) is 18.6 Å². The van der Waals surface area contributed by atoms with Crippen molar-refractivity contribution in [3.63, 3.8) is 0 Å². The standard InChI is InChI=1S/C53H70O14/c1-34-21-42-19-20-52(5,6)53(59-9)51(63-37(4)54)40(26-49(55)58-8)25-47(67-53)29-48(36(3)62-33-60-31-38-13-11-10-12-14-38)66-50(56)30-43(61-32-39-15-17-41(57-7)18-16-39)27-44-23-35(2)24-46(65-44)28-45(22-34)64-42/h10-20,26,36,42-48,51H,1-2,21-25,27-33H2,3-9H3/b20-19+,40-26+/t36-,42+,43-,44+,45+,46-,47+,48-,51+,53-/m1/s1. The van der Waals surface area contributed by atoms with E-state index >= 15 is 0 Å². The minimum atomic E-state index is -1.72. The Bertz CT molecular complexity index is 2040. The second-order valence-corrected chi connectivity index (χ2v) is 18.7. The van der Waals surface area contributed by atoms with Gasteiger partial charge in [0.25, 0.3) is 0 Å². The molecule has 4 heterocycles. The Morgan fingerprint density at radius 2 is 1.49 bits per heavy atom. The van der Waals surface area contributed by atoms with Crippen LogP contribution in [-0.4, -0.2) is 107 Å². The first kappa shape index (κ1) is 51.7. The summed E-state index contributed by atoms with van der Waals surface area (Å²) >= 11 is 0. The number of esters is 3. The number of hydrogen-bond donors (Lipinski definition) is 0. The summed E-state index contributed by atoms with van der Waals surface area (Å²) in [7, 11) is 4.36. The molecule has 0 aromatic heterocycles. The van der Waals surface area contributed by atoms with Crippen molar-refractivity contribution in [3.05, 3.63) is 114 Å². The smallest absolute Gasteiger partial charge is 0.330 e. The molecule has 2 aromatic carbocycles. The molecule has 10 atom stereocenters. The van der Waals surface area contributed by atoms with Crippen LogP contribution in [0.25, 0.3) is 0 Å². The lowest BCUT2D eigenvalue weighted by Crippen LogP contribution is -2.63. The maximum Gasteiger partial charge on any atom is 0.330 e. The van der Waals surface area contributed by atoms with Crippen molar-refractivity contribution in [2.75, 3.05) is 28.1 Å². The van der Waals surface area contributed by atoms with E-state index in [0.717, 1.165) is 28.0 Å². The Kier molecular flexibility index (Phi) is 18.6. The zero-order valence-electron chi connectivity index (χ0n) is 40.2. The summed E-state index contributed by atoms with van der Waals surface area (Å²) in [5, 5.41) is 0. The number of hydrogen-bond acceptors (Lipinski definition) is 14. The molecule has 3 saturated heterocycles. The lowest BCUT2D eigenvalue weighted by Gasteiger charge is -2.53. The molecule has 0 saturated carbocycles. The van der Waals surface area contributed by atoms with E-state index in [1.807, 2.05) is 80.6 Å². The van der Waals surface area contributed by atoms with Crippen LogP contribution in [0.5, 0.6) is 5.75 Å². The van der Waals surface area contributed by atoms with Crippen LogP contribution in [0.1, 0.15) is 96.6 Å². The summed E-state index contributed by atoms with van der Waals surface area (Å²) < 4.78 is 68.5. The normalized spacial score (nSPS) is 30.9. The van der Waals surface area contributed by atoms with Crippen LogP contribution in [0.3, 0.4) is 0 Å². The quantitative estimate of drug-likeness (QED) is 0.0471. The molecule has 0 spiro atoms. The van der Waals surface area contributed by atoms with E-state index in [1.54, 1.807) is 14.0 Å². The number of carbonyl (C=O) groups is 3. The van der Waals surface area contributed by atoms with Crippen molar-refractivity contribution in [2.24, 2.45) is 5.41 Å². The van der Waals surface area contributed by atoms with E-state index < -0.39 is 59.6 Å². The molecule has 14 nitrogen and oxygen atoms in total. The van der Waals surface area contributed by atoms with Crippen LogP contribution < -0.4 is 4.74 Å². The molecule has 3 fully saturated rings. The fraction of sp³-hybridized carbons (Fsp3) is 0.566. The highest BCUT2D eigenvalue weighted by Gasteiger charge is 2.59. The molecule has 4 aliphatic heterocycles. The largest absolute Gasteiger partial charge is 0.497 e. The molecule has 67 heavy (non-hydrogen) atoms. The zero-order chi connectivity index (χ0) is 48.1. The van der Waals surface area contributed by atoms with Crippen LogP contribution in [0.2, 0.25) is 0 Å². The van der Waals surface area contributed by atoms with Crippen molar-refractivity contribution >= 4 is 17.9 Å². The molecule has 6 rings (SSSR count). The van der Waals surface area contributed by atoms with Gasteiger partial charge in [-0.15, -0.1) is 0 Å². The molecule has 4 aliphatic rings. The molecule has 14 heteroatoms. The van der Waals surface area contributed by atoms with E-state index in [-0.39, 0.29) is 57.1 Å². The average molecular weight is 931 g/mol. The van der Waals surface area contributed by atoms with Gasteiger partial charge in [-0.2, -0.15) is 0 Å². The average Bonchev–Trinajstić information content (AvgIpc) is 3.29. The lowest BCUT2D eigenvalue weighted by molar-refractivity contribution is -0.338. The Morgan fingerprint density at radius 3 is 2.16 bits per heavy atom. The highest BCUT2D eigenvalue weighted by atomic mass is 16.7. The topological polar surface area (TPSA) is 153 Å². The Labute approximate surface area is 395 Å². The van der Waals surface area contributed by atoms with Crippen molar-refractivity contribution in [3.8, 4) is 5.75 Å². The summed E-state index contributed by atoms with van der Waals surface area (Å²) in [4.78, 5) is 40.3. The molecule has 0 N–H and O–H groups in total. The number of cyclic esters (lactones) is 1. The van der Waals surface area contributed by atoms with Crippen molar-refractivity contribution in [1.29, 1.82) is 0 Å². The van der Waals surface area contributed by atoms with Gasteiger partial charge in [0, 0.05) is 44.8 Å². The van der Waals surface area contributed by atoms with Crippen molar-refractivity contribution in [2.45, 2.75) is 159 Å². The van der Waals surface area contributed by atoms with Gasteiger partial charge in [0.2, 0.25) is 5.79 Å². The first-order valence-electron chi connectivity index (χ1n) is 23.3. The van der Waals surface area contributed by atoms with E-state index in [9.17, 15) is 14.4 Å². The fourth-order valence-corrected chi connectivity index (χ4v) is 9.52. The van der Waals surface area contributed by atoms with E-state index in [2.05, 4.69) is 13.2 Å². The highest BCUT2D eigenvalue weighted by molar-refractivity contribution is 5.83. The third-order valence-electron chi connectivity index (χ3n) is 12.9. The summed E-state index contributed by atoms with van der Waals surface area (Å²) in [5.41, 5.74) is 3.33. The number of ether oxygens (including phenoxy) is 11. The van der Waals surface area contributed by atoms with Gasteiger partial charge < -0.3 is 52.1 Å². The minimum Gasteiger partial charge on any atom is -0.497 e. The van der Waals surface area contributed by atoms with Crippen LogP contribution in [-0.2, 0) is 75.0 Å². The summed E-state index contributed by atoms with van der Waals surface area (Å²) in [5.74, 6) is -2.78. The van der Waals surface area contributed by atoms with Crippen molar-refractivity contribution in [1.82, 2.24) is 0 Å². The maximum absolute atomic E-state index is 14.4. The van der Waals surface area contributed by atoms with Crippen LogP contribution >= 0.6 is 0 Å². The number of benzene rings is 2. The third kappa shape index (κ3) is 14.4. The van der Waals surface area contributed by atoms with Gasteiger partial charge in [-0.1, -0.05) is 92.8 Å². The summed E-state index contributed by atoms with van der Waals surface area (Å²) in [6.45, 7) is 16.1. The molecular weight excluding hydrogens is 861 g/mol. The zero-order valence-corrected chi connectivity index (χ0v) is 40.2. The number of carbonyl (C=O) groups excluding carboxylic acids is 3. The predicted molar refractivity (Wildman–Crippen MR) is 248 cm³/mol. The first-order chi connectivity index (χ1) is 32.1. The molecule has 2 aromatic rings. The van der Waals surface area contributed by atoms with E-state index in [4.69, 9.17) is 52.1 Å². The van der Waals surface area contributed by atoms with Gasteiger partial charge in [0.15, 0.2) is 6.10 Å². The molecule has 0 amide bonds. The van der Waals surface area contributed by atoms with E-state index in [0.29, 0.717) is 50.7 Å². The van der Waals surface area contributed by atoms with Gasteiger partial charge in [0.05, 0.1) is 76.6 Å². The maximum atomic E-state index is 14.4. The molecule has 366 valence electrons. The Balaban J connectivity index is 1.38. The lowest BCUT2D eigenvalue weighted by atomic mass is 9.73. The molecular formula is C53H70O14. The number of methoxy groups -OCH3 is 3. The second-order valence-electron chi connectivity index (χ2n) is 18.7. The highest BCUT2D eigenvalue weighted by Crippen LogP contribution is 2.49. The molecule has 0 radical (unpaired) electrons. The van der Waals surface area contributed by atoms with Crippen molar-refractivity contribution < 1.29 is 66.5 Å². The molecule has 0 unspecified atom stereocenters. The molecule has 0 aliphatic carbocycles. The van der Waals surface area contributed by atoms with Crippen LogP contribution in [0, 0.1) is 5.41 Å². The van der Waals surface area contributed by atoms with Gasteiger partial charge in [-0.05, 0) is 67.9 Å². The predicted octanol–water partition coefficient (Wildman–Crippen LogP) is 8.60. The number of fused-ring (bicyclic) bond motifs is 6. The van der Waals surface area contributed by atoms with Crippen LogP contribution in [0.15, 0.2) is 103 Å². The van der Waals surface area contributed by atoms with Gasteiger partial charge >= 0.3 is 17.9 Å². The fourth-order valence-electron chi connectivity index (χ4n) is 9.52. The molecule has 6 bridgehead atoms.